The minimum atomic E-state index is -1.82. The van der Waals surface area contributed by atoms with Crippen molar-refractivity contribution in [3.63, 3.8) is 0 Å². The van der Waals surface area contributed by atoms with Gasteiger partial charge in [0.05, 0.1) is 18.3 Å². The molecule has 0 unspecified atom stereocenters. The molecule has 2 aliphatic carbocycles. The molecule has 218 valence electrons. The summed E-state index contributed by atoms with van der Waals surface area (Å²) >= 11 is 1.18. The van der Waals surface area contributed by atoms with Crippen molar-refractivity contribution in [1.29, 1.82) is 0 Å². The second kappa shape index (κ2) is 15.6. The van der Waals surface area contributed by atoms with Gasteiger partial charge in [-0.2, -0.15) is 4.37 Å². The van der Waals surface area contributed by atoms with Gasteiger partial charge in [-0.15, -0.1) is 4.37 Å². The first-order chi connectivity index (χ1) is 20.5. The largest absolute Gasteiger partial charge is 0.475 e. The van der Waals surface area contributed by atoms with E-state index in [1.54, 1.807) is 18.0 Å². The Morgan fingerprint density at radius 1 is 0.881 bits per heavy atom. The monoisotopic (exact) mass is 585 g/mol. The van der Waals surface area contributed by atoms with Crippen LogP contribution in [0.15, 0.2) is 67.0 Å². The molecule has 6 rings (SSSR count). The number of benzene rings is 2. The quantitative estimate of drug-likeness (QED) is 0.174. The lowest BCUT2D eigenvalue weighted by atomic mass is 9.80. The number of ether oxygens (including phenoxy) is 1. The van der Waals surface area contributed by atoms with Crippen LogP contribution in [0.4, 0.5) is 0 Å². The van der Waals surface area contributed by atoms with Gasteiger partial charge in [-0.05, 0) is 77.6 Å². The standard InChI is InChI=1S/C18H16.C13H17N3OS.C2H2O4/c1-3-7-15-13(5-1)9-11-18-16-8-4-2-6-14(16)10-12-17(15)18;1-2-3-4-5-9-17-13-12(15-18-16-13)11-7-6-8-14-10-11;3-1(4)2(5)6/h1,3-5,7-8,10,12H,2,6,9,11H2;6-8,10H,2-5,9H2,1H3;(H,3,4)(H,5,6). The fourth-order valence-corrected chi connectivity index (χ4v) is 5.53. The number of nitrogens with zero attached hydrogens (tertiary/aromatic N) is 3. The molecule has 4 aromatic rings. The Morgan fingerprint density at radius 2 is 1.71 bits per heavy atom. The fraction of sp³-hybridized carbons (Fsp3) is 0.303. The van der Waals surface area contributed by atoms with Crippen molar-refractivity contribution < 1.29 is 24.5 Å². The Labute approximate surface area is 250 Å². The van der Waals surface area contributed by atoms with Crippen LogP contribution >= 0.6 is 11.7 Å². The van der Waals surface area contributed by atoms with Gasteiger partial charge in [0.15, 0.2) is 0 Å². The predicted octanol–water partition coefficient (Wildman–Crippen LogP) is 7.13. The van der Waals surface area contributed by atoms with E-state index < -0.39 is 11.9 Å². The number of aryl methyl sites for hydroxylation is 2. The van der Waals surface area contributed by atoms with Gasteiger partial charge in [-0.25, -0.2) is 9.59 Å². The number of allylic oxidation sites excluding steroid dienone is 1. The number of pyridine rings is 1. The normalized spacial score (nSPS) is 12.3. The van der Waals surface area contributed by atoms with Gasteiger partial charge in [0.25, 0.3) is 5.88 Å². The van der Waals surface area contributed by atoms with Crippen molar-refractivity contribution >= 4 is 29.7 Å². The highest BCUT2D eigenvalue weighted by Crippen LogP contribution is 2.38. The Balaban J connectivity index is 0.000000162. The summed E-state index contributed by atoms with van der Waals surface area (Å²) < 4.78 is 14.1. The van der Waals surface area contributed by atoms with Crippen molar-refractivity contribution in [2.75, 3.05) is 6.61 Å². The third-order valence-electron chi connectivity index (χ3n) is 7.08. The van der Waals surface area contributed by atoms with Gasteiger partial charge in [-0.1, -0.05) is 74.7 Å². The second-order valence-corrected chi connectivity index (χ2v) is 10.5. The zero-order valence-corrected chi connectivity index (χ0v) is 24.5. The first-order valence-electron chi connectivity index (χ1n) is 14.2. The Morgan fingerprint density at radius 3 is 2.48 bits per heavy atom. The van der Waals surface area contributed by atoms with Crippen LogP contribution in [0.5, 0.6) is 5.88 Å². The van der Waals surface area contributed by atoms with Crippen LogP contribution in [0.25, 0.3) is 28.5 Å². The molecule has 2 aliphatic rings. The third kappa shape index (κ3) is 8.10. The van der Waals surface area contributed by atoms with Crippen LogP contribution in [-0.4, -0.2) is 42.5 Å². The average Bonchev–Trinajstić information content (AvgIpc) is 3.50. The first-order valence-corrected chi connectivity index (χ1v) is 14.9. The van der Waals surface area contributed by atoms with Gasteiger partial charge >= 0.3 is 11.9 Å². The van der Waals surface area contributed by atoms with E-state index in [-0.39, 0.29) is 0 Å². The van der Waals surface area contributed by atoms with E-state index in [1.807, 2.05) is 12.1 Å². The predicted molar refractivity (Wildman–Crippen MR) is 165 cm³/mol. The van der Waals surface area contributed by atoms with Gasteiger partial charge in [-0.3, -0.25) is 4.98 Å². The number of aromatic nitrogens is 3. The molecular formula is C33H35N3O5S. The maximum atomic E-state index is 9.10. The third-order valence-corrected chi connectivity index (χ3v) is 7.59. The maximum absolute atomic E-state index is 9.10. The van der Waals surface area contributed by atoms with E-state index in [4.69, 9.17) is 24.5 Å². The molecule has 2 N–H and O–H groups in total. The summed E-state index contributed by atoms with van der Waals surface area (Å²) in [6.07, 6.45) is 17.7. The van der Waals surface area contributed by atoms with Gasteiger partial charge in [0, 0.05) is 18.0 Å². The van der Waals surface area contributed by atoms with Crippen LogP contribution < -0.4 is 4.74 Å². The maximum Gasteiger partial charge on any atom is 0.414 e. The van der Waals surface area contributed by atoms with E-state index in [9.17, 15) is 0 Å². The highest BCUT2D eigenvalue weighted by atomic mass is 32.1. The van der Waals surface area contributed by atoms with Crippen LogP contribution in [-0.2, 0) is 28.9 Å². The number of hydrogen-bond donors (Lipinski definition) is 2. The zero-order chi connectivity index (χ0) is 29.7. The number of carboxylic acid groups (broad SMARTS) is 2. The Kier molecular flexibility index (Phi) is 11.3. The van der Waals surface area contributed by atoms with Crippen molar-refractivity contribution in [2.45, 2.75) is 58.3 Å². The number of carbonyl (C=O) groups is 2. The Bertz CT molecular complexity index is 1510. The minimum Gasteiger partial charge on any atom is -0.475 e. The highest BCUT2D eigenvalue weighted by Gasteiger charge is 2.20. The molecule has 0 amide bonds. The van der Waals surface area contributed by atoms with E-state index in [2.05, 4.69) is 69.2 Å². The SMILES string of the molecule is C1=Cc2c(ccc3c2CCc2ccccc2-3)CC1.CCCCCCOc1nsnc1-c1cccnc1.O=C(O)C(=O)O. The topological polar surface area (TPSA) is 123 Å². The molecular weight excluding hydrogens is 550 g/mol. The summed E-state index contributed by atoms with van der Waals surface area (Å²) in [4.78, 5) is 22.3. The van der Waals surface area contributed by atoms with E-state index in [0.717, 1.165) is 17.7 Å². The van der Waals surface area contributed by atoms with E-state index >= 15 is 0 Å². The van der Waals surface area contributed by atoms with Crippen LogP contribution in [0, 0.1) is 0 Å². The number of rotatable bonds is 7. The van der Waals surface area contributed by atoms with Crippen molar-refractivity contribution in [3.05, 3.63) is 89.3 Å². The summed E-state index contributed by atoms with van der Waals surface area (Å²) in [7, 11) is 0. The number of aliphatic carboxylic acids is 2. The second-order valence-electron chi connectivity index (χ2n) is 9.94. The molecule has 0 fully saturated rings. The number of carboxylic acids is 2. The summed E-state index contributed by atoms with van der Waals surface area (Å²) in [5.41, 5.74) is 10.8. The number of fused-ring (bicyclic) bond motifs is 5. The summed E-state index contributed by atoms with van der Waals surface area (Å²) in [5, 5.41) is 14.8. The molecule has 2 aromatic carbocycles. The van der Waals surface area contributed by atoms with E-state index in [1.165, 1.54) is 84.5 Å². The minimum absolute atomic E-state index is 0.629. The lowest BCUT2D eigenvalue weighted by molar-refractivity contribution is -0.159. The smallest absolute Gasteiger partial charge is 0.414 e. The molecule has 0 radical (unpaired) electrons. The highest BCUT2D eigenvalue weighted by molar-refractivity contribution is 6.99. The average molecular weight is 586 g/mol. The zero-order valence-electron chi connectivity index (χ0n) is 23.7. The molecule has 0 bridgehead atoms. The van der Waals surface area contributed by atoms with Crippen LogP contribution in [0.3, 0.4) is 0 Å². The summed E-state index contributed by atoms with van der Waals surface area (Å²) in [6, 6.07) is 17.4. The molecule has 0 atom stereocenters. The lowest BCUT2D eigenvalue weighted by Crippen LogP contribution is -2.09. The van der Waals surface area contributed by atoms with Gasteiger partial charge < -0.3 is 14.9 Å². The van der Waals surface area contributed by atoms with Crippen LogP contribution in [0.2, 0.25) is 0 Å². The molecule has 2 heterocycles. The molecule has 42 heavy (non-hydrogen) atoms. The Hall–Kier alpha value is -4.37. The molecule has 8 nitrogen and oxygen atoms in total. The van der Waals surface area contributed by atoms with Crippen molar-refractivity contribution in [1.82, 2.24) is 13.7 Å². The summed E-state index contributed by atoms with van der Waals surface area (Å²) in [6.45, 7) is 2.91. The molecule has 0 aliphatic heterocycles. The van der Waals surface area contributed by atoms with Crippen molar-refractivity contribution in [2.24, 2.45) is 0 Å². The number of unbranched alkanes of at least 4 members (excludes halogenated alkanes) is 3. The lowest BCUT2D eigenvalue weighted by Gasteiger charge is -2.24. The van der Waals surface area contributed by atoms with Gasteiger partial charge in [0.1, 0.15) is 5.69 Å². The number of hydrogen-bond acceptors (Lipinski definition) is 7. The molecule has 0 saturated carbocycles. The first kappa shape index (κ1) is 30.6. The van der Waals surface area contributed by atoms with E-state index in [0.29, 0.717) is 12.5 Å². The molecule has 0 saturated heterocycles. The molecule has 2 aromatic heterocycles. The van der Waals surface area contributed by atoms with Crippen LogP contribution in [0.1, 0.15) is 61.3 Å². The van der Waals surface area contributed by atoms with Gasteiger partial charge in [0.2, 0.25) is 0 Å². The molecule has 9 heteroatoms. The van der Waals surface area contributed by atoms with Crippen molar-refractivity contribution in [3.8, 4) is 28.3 Å². The summed E-state index contributed by atoms with van der Waals surface area (Å²) in [5.74, 6) is -3.02. The molecule has 0 spiro atoms. The fourth-order valence-electron chi connectivity index (χ4n) is 5.01.